The number of nitrogens with two attached hydrogens (primary N) is 1. The average molecular weight is 224 g/mol. The highest BCUT2D eigenvalue weighted by Gasteiger charge is 2.38. The molecule has 1 saturated heterocycles. The molecule has 0 aromatic heterocycles. The van der Waals surface area contributed by atoms with Crippen LogP contribution in [-0.2, 0) is 4.79 Å². The lowest BCUT2D eigenvalue weighted by atomic mass is 9.81. The second-order valence-corrected chi connectivity index (χ2v) is 5.42. The molecule has 2 rings (SSSR count). The minimum atomic E-state index is -0.525. The van der Waals surface area contributed by atoms with Gasteiger partial charge in [0.1, 0.15) is 0 Å². The van der Waals surface area contributed by atoms with Crippen LogP contribution in [0.2, 0.25) is 0 Å². The van der Waals surface area contributed by atoms with Gasteiger partial charge in [0.2, 0.25) is 5.91 Å². The van der Waals surface area contributed by atoms with E-state index in [9.17, 15) is 4.79 Å². The molecule has 16 heavy (non-hydrogen) atoms. The van der Waals surface area contributed by atoms with Gasteiger partial charge in [0, 0.05) is 13.1 Å². The molecule has 0 aromatic carbocycles. The Morgan fingerprint density at radius 3 is 1.94 bits per heavy atom. The number of hydrogen-bond donors (Lipinski definition) is 1. The zero-order valence-electron chi connectivity index (χ0n) is 10.2. The van der Waals surface area contributed by atoms with Crippen molar-refractivity contribution in [3.05, 3.63) is 0 Å². The molecular weight excluding hydrogens is 200 g/mol. The molecule has 2 fully saturated rings. The van der Waals surface area contributed by atoms with Crippen LogP contribution in [0.1, 0.15) is 57.8 Å². The van der Waals surface area contributed by atoms with Gasteiger partial charge in [-0.2, -0.15) is 0 Å². The van der Waals surface area contributed by atoms with Crippen molar-refractivity contribution in [2.24, 2.45) is 5.73 Å². The number of likely N-dealkylation sites (tertiary alicyclic amines) is 1. The first-order valence-corrected chi connectivity index (χ1v) is 6.81. The van der Waals surface area contributed by atoms with E-state index in [1.54, 1.807) is 0 Å². The molecule has 3 nitrogen and oxygen atoms in total. The Morgan fingerprint density at radius 1 is 0.875 bits per heavy atom. The van der Waals surface area contributed by atoms with Crippen LogP contribution in [-0.4, -0.2) is 29.4 Å². The summed E-state index contributed by atoms with van der Waals surface area (Å²) in [6, 6.07) is 0. The number of rotatable bonds is 1. The molecule has 0 atom stereocenters. The zero-order chi connectivity index (χ0) is 11.4. The van der Waals surface area contributed by atoms with E-state index in [0.29, 0.717) is 0 Å². The highest BCUT2D eigenvalue weighted by molar-refractivity contribution is 5.86. The Labute approximate surface area is 98.4 Å². The van der Waals surface area contributed by atoms with Gasteiger partial charge in [-0.05, 0) is 25.7 Å². The molecule has 1 saturated carbocycles. The standard InChI is InChI=1S/C13H24N2O/c14-13(8-4-3-5-9-13)12(16)15-10-6-1-2-7-11-15/h1-11,14H2. The van der Waals surface area contributed by atoms with Crippen LogP contribution in [0.15, 0.2) is 0 Å². The van der Waals surface area contributed by atoms with Gasteiger partial charge in [0.05, 0.1) is 5.54 Å². The predicted molar refractivity (Wildman–Crippen MR) is 65.1 cm³/mol. The summed E-state index contributed by atoms with van der Waals surface area (Å²) < 4.78 is 0. The molecule has 1 aliphatic heterocycles. The first-order valence-electron chi connectivity index (χ1n) is 6.81. The molecule has 1 amide bonds. The second kappa shape index (κ2) is 5.17. The number of carbonyl (C=O) groups excluding carboxylic acids is 1. The third-order valence-corrected chi connectivity index (χ3v) is 4.06. The van der Waals surface area contributed by atoms with E-state index in [2.05, 4.69) is 0 Å². The lowest BCUT2D eigenvalue weighted by molar-refractivity contribution is -0.138. The highest BCUT2D eigenvalue weighted by atomic mass is 16.2. The molecule has 2 aliphatic rings. The minimum absolute atomic E-state index is 0.231. The van der Waals surface area contributed by atoms with Crippen molar-refractivity contribution in [2.75, 3.05) is 13.1 Å². The maximum absolute atomic E-state index is 12.4. The fraction of sp³-hybridized carbons (Fsp3) is 0.923. The maximum Gasteiger partial charge on any atom is 0.242 e. The van der Waals surface area contributed by atoms with Crippen molar-refractivity contribution in [1.29, 1.82) is 0 Å². The van der Waals surface area contributed by atoms with E-state index in [1.165, 1.54) is 19.3 Å². The number of hydrogen-bond acceptors (Lipinski definition) is 2. The summed E-state index contributed by atoms with van der Waals surface area (Å²) in [5.74, 6) is 0.231. The van der Waals surface area contributed by atoms with E-state index in [4.69, 9.17) is 5.73 Å². The van der Waals surface area contributed by atoms with Gasteiger partial charge in [0.25, 0.3) is 0 Å². The van der Waals surface area contributed by atoms with Crippen molar-refractivity contribution < 1.29 is 4.79 Å². The molecule has 0 unspecified atom stereocenters. The van der Waals surface area contributed by atoms with Crippen molar-refractivity contribution in [3.8, 4) is 0 Å². The SMILES string of the molecule is NC1(C(=O)N2CCCCCC2)CCCCC1. The normalized spacial score (nSPS) is 26.2. The molecule has 0 spiro atoms. The monoisotopic (exact) mass is 224 g/mol. The van der Waals surface area contributed by atoms with Crippen LogP contribution in [0.5, 0.6) is 0 Å². The minimum Gasteiger partial charge on any atom is -0.341 e. The Balaban J connectivity index is 1.98. The summed E-state index contributed by atoms with van der Waals surface area (Å²) in [5, 5.41) is 0. The van der Waals surface area contributed by atoms with Crippen molar-refractivity contribution >= 4 is 5.91 Å². The molecule has 2 N–H and O–H groups in total. The van der Waals surface area contributed by atoms with Crippen LogP contribution in [0.3, 0.4) is 0 Å². The molecule has 3 heteroatoms. The van der Waals surface area contributed by atoms with E-state index in [1.807, 2.05) is 4.90 Å². The van der Waals surface area contributed by atoms with Crippen LogP contribution >= 0.6 is 0 Å². The first-order chi connectivity index (χ1) is 7.72. The van der Waals surface area contributed by atoms with Crippen LogP contribution < -0.4 is 5.73 Å². The average Bonchev–Trinajstić information content (AvgIpc) is 2.57. The molecule has 92 valence electrons. The molecule has 0 aromatic rings. The Morgan fingerprint density at radius 2 is 1.38 bits per heavy atom. The Hall–Kier alpha value is -0.570. The lowest BCUT2D eigenvalue weighted by Crippen LogP contribution is -2.56. The van der Waals surface area contributed by atoms with E-state index in [-0.39, 0.29) is 5.91 Å². The topological polar surface area (TPSA) is 46.3 Å². The van der Waals surface area contributed by atoms with Crippen molar-refractivity contribution in [1.82, 2.24) is 4.90 Å². The maximum atomic E-state index is 12.4. The molecular formula is C13H24N2O. The van der Waals surface area contributed by atoms with Gasteiger partial charge in [0.15, 0.2) is 0 Å². The second-order valence-electron chi connectivity index (χ2n) is 5.42. The predicted octanol–water partition coefficient (Wildman–Crippen LogP) is 2.05. The quantitative estimate of drug-likeness (QED) is 0.741. The third kappa shape index (κ3) is 2.57. The largest absolute Gasteiger partial charge is 0.341 e. The number of nitrogens with zero attached hydrogens (tertiary/aromatic N) is 1. The molecule has 1 heterocycles. The molecule has 0 radical (unpaired) electrons. The highest BCUT2D eigenvalue weighted by Crippen LogP contribution is 2.28. The smallest absolute Gasteiger partial charge is 0.242 e. The summed E-state index contributed by atoms with van der Waals surface area (Å²) >= 11 is 0. The number of carbonyl (C=O) groups is 1. The first kappa shape index (κ1) is 11.9. The fourth-order valence-corrected chi connectivity index (χ4v) is 2.99. The van der Waals surface area contributed by atoms with Gasteiger partial charge in [-0.3, -0.25) is 4.79 Å². The van der Waals surface area contributed by atoms with Crippen molar-refractivity contribution in [2.45, 2.75) is 63.3 Å². The van der Waals surface area contributed by atoms with Gasteiger partial charge < -0.3 is 10.6 Å². The Kier molecular flexibility index (Phi) is 3.85. The number of amides is 1. The Bertz CT molecular complexity index is 238. The van der Waals surface area contributed by atoms with E-state index in [0.717, 1.165) is 51.6 Å². The van der Waals surface area contributed by atoms with Gasteiger partial charge in [-0.1, -0.05) is 32.1 Å². The van der Waals surface area contributed by atoms with Gasteiger partial charge in [-0.15, -0.1) is 0 Å². The van der Waals surface area contributed by atoms with E-state index < -0.39 is 5.54 Å². The summed E-state index contributed by atoms with van der Waals surface area (Å²) in [6.07, 6.45) is 10.1. The van der Waals surface area contributed by atoms with Gasteiger partial charge >= 0.3 is 0 Å². The van der Waals surface area contributed by atoms with Crippen LogP contribution in [0.25, 0.3) is 0 Å². The third-order valence-electron chi connectivity index (χ3n) is 4.06. The zero-order valence-corrected chi connectivity index (χ0v) is 10.2. The lowest BCUT2D eigenvalue weighted by Gasteiger charge is -2.36. The van der Waals surface area contributed by atoms with Crippen LogP contribution in [0.4, 0.5) is 0 Å². The van der Waals surface area contributed by atoms with Crippen molar-refractivity contribution in [3.63, 3.8) is 0 Å². The van der Waals surface area contributed by atoms with Crippen LogP contribution in [0, 0.1) is 0 Å². The molecule has 0 bridgehead atoms. The van der Waals surface area contributed by atoms with E-state index >= 15 is 0 Å². The summed E-state index contributed by atoms with van der Waals surface area (Å²) in [7, 11) is 0. The summed E-state index contributed by atoms with van der Waals surface area (Å²) in [6.45, 7) is 1.86. The summed E-state index contributed by atoms with van der Waals surface area (Å²) in [4.78, 5) is 14.5. The fourth-order valence-electron chi connectivity index (χ4n) is 2.99. The molecule has 1 aliphatic carbocycles. The summed E-state index contributed by atoms with van der Waals surface area (Å²) in [5.41, 5.74) is 5.77. The van der Waals surface area contributed by atoms with Gasteiger partial charge in [-0.25, -0.2) is 0 Å².